The fraction of sp³-hybridized carbons (Fsp3) is 0.529. The molecule has 1 aliphatic rings. The van der Waals surface area contributed by atoms with Crippen LogP contribution in [0.15, 0.2) is 24.5 Å². The van der Waals surface area contributed by atoms with Gasteiger partial charge in [-0.25, -0.2) is 4.98 Å². The molecule has 0 spiro atoms. The molecule has 0 unspecified atom stereocenters. The van der Waals surface area contributed by atoms with Crippen molar-refractivity contribution < 1.29 is 4.79 Å². The van der Waals surface area contributed by atoms with E-state index in [0.717, 1.165) is 36.9 Å². The second-order valence-corrected chi connectivity index (χ2v) is 5.96. The van der Waals surface area contributed by atoms with E-state index in [2.05, 4.69) is 40.0 Å². The largest absolute Gasteiger partial charge is 0.352 e. The third-order valence-electron chi connectivity index (χ3n) is 4.34. The Labute approximate surface area is 125 Å². The first-order valence-corrected chi connectivity index (χ1v) is 7.99. The third kappa shape index (κ3) is 3.09. The van der Waals surface area contributed by atoms with Crippen LogP contribution in [0.3, 0.4) is 0 Å². The molecule has 4 nitrogen and oxygen atoms in total. The van der Waals surface area contributed by atoms with Gasteiger partial charge in [0.15, 0.2) is 0 Å². The summed E-state index contributed by atoms with van der Waals surface area (Å²) in [6.07, 6.45) is 7.48. The number of aryl methyl sites for hydroxylation is 1. The molecule has 112 valence electrons. The van der Waals surface area contributed by atoms with Gasteiger partial charge >= 0.3 is 0 Å². The number of carbonyl (C=O) groups excluding carboxylic acids is 1. The maximum Gasteiger partial charge on any atom is 0.223 e. The summed E-state index contributed by atoms with van der Waals surface area (Å²) in [7, 11) is 0. The summed E-state index contributed by atoms with van der Waals surface area (Å²) in [5.74, 6) is 0.446. The molecule has 1 aromatic carbocycles. The number of hydrogen-bond donors (Lipinski definition) is 1. The predicted molar refractivity (Wildman–Crippen MR) is 83.8 cm³/mol. The smallest absolute Gasteiger partial charge is 0.223 e. The first kappa shape index (κ1) is 14.1. The molecule has 1 fully saturated rings. The fourth-order valence-corrected chi connectivity index (χ4v) is 3.16. The highest BCUT2D eigenvalue weighted by Gasteiger charge is 2.22. The Balaban J connectivity index is 1.65. The van der Waals surface area contributed by atoms with Gasteiger partial charge < -0.3 is 9.88 Å². The number of rotatable bonds is 5. The molecule has 4 heteroatoms. The highest BCUT2D eigenvalue weighted by Crippen LogP contribution is 2.24. The molecule has 1 amide bonds. The number of imidazole rings is 1. The number of amides is 1. The lowest BCUT2D eigenvalue weighted by molar-refractivity contribution is -0.124. The van der Waals surface area contributed by atoms with Gasteiger partial charge in [0.05, 0.1) is 17.4 Å². The lowest BCUT2D eigenvalue weighted by Crippen LogP contribution is -2.28. The summed E-state index contributed by atoms with van der Waals surface area (Å²) >= 11 is 0. The van der Waals surface area contributed by atoms with Gasteiger partial charge in [0, 0.05) is 19.0 Å². The van der Waals surface area contributed by atoms with Gasteiger partial charge in [0.2, 0.25) is 5.91 Å². The average molecular weight is 285 g/mol. The minimum atomic E-state index is 0.212. The van der Waals surface area contributed by atoms with Crippen LogP contribution in [-0.2, 0) is 17.9 Å². The Morgan fingerprint density at radius 1 is 1.38 bits per heavy atom. The standard InChI is InChI=1S/C17H23N3O/c1-2-9-20-12-19-15-10-13(7-8-16(15)20)11-18-17(21)14-5-3-4-6-14/h7-8,10,12,14H,2-6,9,11H2,1H3,(H,18,21). The van der Waals surface area contributed by atoms with Crippen LogP contribution in [0.2, 0.25) is 0 Å². The van der Waals surface area contributed by atoms with Gasteiger partial charge in [0.25, 0.3) is 0 Å². The Morgan fingerprint density at radius 2 is 2.19 bits per heavy atom. The number of hydrogen-bond acceptors (Lipinski definition) is 2. The maximum atomic E-state index is 12.0. The molecule has 0 radical (unpaired) electrons. The number of fused-ring (bicyclic) bond motifs is 1. The molecule has 2 aromatic rings. The normalized spacial score (nSPS) is 15.7. The van der Waals surface area contributed by atoms with E-state index in [0.29, 0.717) is 6.54 Å². The topological polar surface area (TPSA) is 46.9 Å². The van der Waals surface area contributed by atoms with Crippen LogP contribution in [0.25, 0.3) is 11.0 Å². The number of benzene rings is 1. The quantitative estimate of drug-likeness (QED) is 0.916. The minimum Gasteiger partial charge on any atom is -0.352 e. The molecule has 0 bridgehead atoms. The van der Waals surface area contributed by atoms with E-state index in [9.17, 15) is 4.79 Å². The molecule has 1 saturated carbocycles. The SMILES string of the molecule is CCCn1cnc2cc(CNC(=O)C3CCCC3)ccc21. The van der Waals surface area contributed by atoms with Crippen molar-refractivity contribution in [3.05, 3.63) is 30.1 Å². The molecule has 1 aliphatic carbocycles. The van der Waals surface area contributed by atoms with Crippen LogP contribution in [0.5, 0.6) is 0 Å². The van der Waals surface area contributed by atoms with Crippen LogP contribution in [0.4, 0.5) is 0 Å². The van der Waals surface area contributed by atoms with E-state index in [1.54, 1.807) is 0 Å². The molecular formula is C17H23N3O. The summed E-state index contributed by atoms with van der Waals surface area (Å²) in [6.45, 7) is 3.76. The fourth-order valence-electron chi connectivity index (χ4n) is 3.16. The summed E-state index contributed by atoms with van der Waals surface area (Å²) in [5, 5.41) is 3.06. The van der Waals surface area contributed by atoms with Crippen LogP contribution < -0.4 is 5.32 Å². The van der Waals surface area contributed by atoms with Crippen molar-refractivity contribution in [2.24, 2.45) is 5.92 Å². The van der Waals surface area contributed by atoms with Gasteiger partial charge in [-0.2, -0.15) is 0 Å². The Hall–Kier alpha value is -1.84. The van der Waals surface area contributed by atoms with Gasteiger partial charge in [-0.3, -0.25) is 4.79 Å². The van der Waals surface area contributed by atoms with Gasteiger partial charge in [-0.1, -0.05) is 25.8 Å². The third-order valence-corrected chi connectivity index (χ3v) is 4.34. The maximum absolute atomic E-state index is 12.0. The summed E-state index contributed by atoms with van der Waals surface area (Å²) < 4.78 is 2.18. The van der Waals surface area contributed by atoms with Crippen LogP contribution in [0, 0.1) is 5.92 Å². The lowest BCUT2D eigenvalue weighted by atomic mass is 10.1. The number of carbonyl (C=O) groups is 1. The summed E-state index contributed by atoms with van der Waals surface area (Å²) in [5.41, 5.74) is 3.30. The van der Waals surface area contributed by atoms with Crippen molar-refractivity contribution in [2.45, 2.75) is 52.1 Å². The summed E-state index contributed by atoms with van der Waals surface area (Å²) in [4.78, 5) is 16.5. The van der Waals surface area contributed by atoms with E-state index in [1.165, 1.54) is 18.4 Å². The molecular weight excluding hydrogens is 262 g/mol. The van der Waals surface area contributed by atoms with Crippen LogP contribution >= 0.6 is 0 Å². The molecule has 1 heterocycles. The monoisotopic (exact) mass is 285 g/mol. The summed E-state index contributed by atoms with van der Waals surface area (Å²) in [6, 6.07) is 6.27. The second kappa shape index (κ2) is 6.29. The Kier molecular flexibility index (Phi) is 4.23. The molecule has 1 N–H and O–H groups in total. The molecule has 1 aromatic heterocycles. The molecule has 21 heavy (non-hydrogen) atoms. The van der Waals surface area contributed by atoms with Gasteiger partial charge in [-0.15, -0.1) is 0 Å². The van der Waals surface area contributed by atoms with Crippen molar-refractivity contribution >= 4 is 16.9 Å². The molecule has 0 saturated heterocycles. The van der Waals surface area contributed by atoms with Crippen molar-refractivity contribution in [3.63, 3.8) is 0 Å². The number of aromatic nitrogens is 2. The van der Waals surface area contributed by atoms with E-state index in [-0.39, 0.29) is 11.8 Å². The highest BCUT2D eigenvalue weighted by atomic mass is 16.1. The lowest BCUT2D eigenvalue weighted by Gasteiger charge is -2.10. The first-order valence-electron chi connectivity index (χ1n) is 7.99. The minimum absolute atomic E-state index is 0.212. The zero-order chi connectivity index (χ0) is 14.7. The molecule has 0 atom stereocenters. The number of nitrogens with zero attached hydrogens (tertiary/aromatic N) is 2. The van der Waals surface area contributed by atoms with Gasteiger partial charge in [-0.05, 0) is 37.0 Å². The van der Waals surface area contributed by atoms with Crippen LogP contribution in [0.1, 0.15) is 44.6 Å². The van der Waals surface area contributed by atoms with Crippen molar-refractivity contribution in [1.82, 2.24) is 14.9 Å². The van der Waals surface area contributed by atoms with E-state index in [1.807, 2.05) is 6.33 Å². The Bertz CT molecular complexity index is 626. The second-order valence-electron chi connectivity index (χ2n) is 5.96. The van der Waals surface area contributed by atoms with E-state index >= 15 is 0 Å². The molecule has 0 aliphatic heterocycles. The van der Waals surface area contributed by atoms with Crippen molar-refractivity contribution in [3.8, 4) is 0 Å². The zero-order valence-electron chi connectivity index (χ0n) is 12.6. The van der Waals surface area contributed by atoms with E-state index < -0.39 is 0 Å². The average Bonchev–Trinajstić information content (AvgIpc) is 3.15. The van der Waals surface area contributed by atoms with E-state index in [4.69, 9.17) is 0 Å². The zero-order valence-corrected chi connectivity index (χ0v) is 12.6. The van der Waals surface area contributed by atoms with Crippen molar-refractivity contribution in [1.29, 1.82) is 0 Å². The molecule has 3 rings (SSSR count). The number of nitrogens with one attached hydrogen (secondary N) is 1. The predicted octanol–water partition coefficient (Wildman–Crippen LogP) is 3.25. The van der Waals surface area contributed by atoms with Crippen LogP contribution in [-0.4, -0.2) is 15.5 Å². The Morgan fingerprint density at radius 3 is 2.95 bits per heavy atom. The van der Waals surface area contributed by atoms with Crippen molar-refractivity contribution in [2.75, 3.05) is 0 Å². The first-order chi connectivity index (χ1) is 10.3. The van der Waals surface area contributed by atoms with Gasteiger partial charge in [0.1, 0.15) is 0 Å². The highest BCUT2D eigenvalue weighted by molar-refractivity contribution is 5.79.